The minimum Gasteiger partial charge on any atom is -0.486 e. The van der Waals surface area contributed by atoms with Crippen molar-refractivity contribution >= 4 is 22.9 Å². The highest BCUT2D eigenvalue weighted by Gasteiger charge is 2.11. The molecule has 0 radical (unpaired) electrons. The second-order valence-electron chi connectivity index (χ2n) is 4.13. The molecule has 0 spiro atoms. The summed E-state index contributed by atoms with van der Waals surface area (Å²) in [6.07, 6.45) is 0. The van der Waals surface area contributed by atoms with Crippen LogP contribution in [0.25, 0.3) is 0 Å². The van der Waals surface area contributed by atoms with Crippen LogP contribution in [0.5, 0.6) is 5.75 Å². The largest absolute Gasteiger partial charge is 0.486 e. The highest BCUT2D eigenvalue weighted by atomic mass is 35.5. The zero-order valence-electron chi connectivity index (χ0n) is 11.1. The smallest absolute Gasteiger partial charge is 0.140 e. The highest BCUT2D eigenvalue weighted by molar-refractivity contribution is 7.12. The Morgan fingerprint density at radius 3 is 2.85 bits per heavy atom. The summed E-state index contributed by atoms with van der Waals surface area (Å²) in [4.78, 5) is 4.91. The molecule has 0 saturated carbocycles. The lowest BCUT2D eigenvalue weighted by Gasteiger charge is -2.05. The predicted molar refractivity (Wildman–Crippen MR) is 78.1 cm³/mol. The number of nitrogens with zero attached hydrogens (tertiary/aromatic N) is 2. The van der Waals surface area contributed by atoms with E-state index in [2.05, 4.69) is 11.1 Å². The molecule has 0 atom stereocenters. The number of aromatic nitrogens is 1. The zero-order valence-corrected chi connectivity index (χ0v) is 12.7. The van der Waals surface area contributed by atoms with Gasteiger partial charge in [-0.1, -0.05) is 11.6 Å². The Morgan fingerprint density at radius 1 is 1.40 bits per heavy atom. The summed E-state index contributed by atoms with van der Waals surface area (Å²) < 4.78 is 10.7. The Hall–Kier alpha value is -1.61. The summed E-state index contributed by atoms with van der Waals surface area (Å²) in [6.45, 7) is 2.58. The van der Waals surface area contributed by atoms with Gasteiger partial charge in [-0.05, 0) is 30.7 Å². The van der Waals surface area contributed by atoms with Crippen molar-refractivity contribution in [3.8, 4) is 11.8 Å². The van der Waals surface area contributed by atoms with Crippen molar-refractivity contribution in [2.24, 2.45) is 0 Å². The van der Waals surface area contributed by atoms with E-state index in [4.69, 9.17) is 26.3 Å². The number of halogens is 1. The van der Waals surface area contributed by atoms with Gasteiger partial charge in [0.1, 0.15) is 28.3 Å². The average molecular weight is 309 g/mol. The van der Waals surface area contributed by atoms with Gasteiger partial charge in [0.2, 0.25) is 0 Å². The average Bonchev–Trinajstić information content (AvgIpc) is 2.83. The summed E-state index contributed by atoms with van der Waals surface area (Å²) in [5, 5.41) is 10.5. The zero-order chi connectivity index (χ0) is 14.5. The molecule has 0 amide bonds. The second kappa shape index (κ2) is 6.71. The SMILES string of the molecule is COCc1nc(COc2ccc(Cl)c(C)c2)sc1C#N. The highest BCUT2D eigenvalue weighted by Crippen LogP contribution is 2.23. The van der Waals surface area contributed by atoms with Gasteiger partial charge in [0.05, 0.1) is 12.3 Å². The topological polar surface area (TPSA) is 55.1 Å². The molecule has 2 aromatic rings. The molecule has 1 heterocycles. The van der Waals surface area contributed by atoms with E-state index in [9.17, 15) is 0 Å². The van der Waals surface area contributed by atoms with Crippen molar-refractivity contribution in [1.29, 1.82) is 5.26 Å². The monoisotopic (exact) mass is 308 g/mol. The van der Waals surface area contributed by atoms with E-state index < -0.39 is 0 Å². The number of aryl methyl sites for hydroxylation is 1. The van der Waals surface area contributed by atoms with Gasteiger partial charge >= 0.3 is 0 Å². The minimum atomic E-state index is 0.324. The lowest BCUT2D eigenvalue weighted by Crippen LogP contribution is -1.96. The van der Waals surface area contributed by atoms with E-state index in [0.29, 0.717) is 28.8 Å². The lowest BCUT2D eigenvalue weighted by atomic mass is 10.2. The molecule has 0 aliphatic heterocycles. The minimum absolute atomic E-state index is 0.324. The van der Waals surface area contributed by atoms with Crippen LogP contribution in [-0.2, 0) is 18.0 Å². The van der Waals surface area contributed by atoms with Crippen molar-refractivity contribution in [2.45, 2.75) is 20.1 Å². The number of thiazole rings is 1. The molecule has 0 aliphatic rings. The van der Waals surface area contributed by atoms with Gasteiger partial charge in [0.25, 0.3) is 0 Å². The van der Waals surface area contributed by atoms with Crippen LogP contribution in [0.15, 0.2) is 18.2 Å². The van der Waals surface area contributed by atoms with Crippen molar-refractivity contribution in [3.63, 3.8) is 0 Å². The van der Waals surface area contributed by atoms with Crippen LogP contribution < -0.4 is 4.74 Å². The number of hydrogen-bond donors (Lipinski definition) is 0. The fraction of sp³-hybridized carbons (Fsp3) is 0.286. The van der Waals surface area contributed by atoms with Crippen LogP contribution in [0.1, 0.15) is 21.1 Å². The Kier molecular flexibility index (Phi) is 4.96. The van der Waals surface area contributed by atoms with E-state index in [1.165, 1.54) is 11.3 Å². The lowest BCUT2D eigenvalue weighted by molar-refractivity contribution is 0.181. The van der Waals surface area contributed by atoms with Gasteiger partial charge in [-0.2, -0.15) is 5.26 Å². The fourth-order valence-corrected chi connectivity index (χ4v) is 2.53. The maximum absolute atomic E-state index is 9.02. The molecule has 6 heteroatoms. The van der Waals surface area contributed by atoms with E-state index in [1.807, 2.05) is 19.1 Å². The summed E-state index contributed by atoms with van der Waals surface area (Å²) in [7, 11) is 1.58. The van der Waals surface area contributed by atoms with Crippen LogP contribution in [0.3, 0.4) is 0 Å². The Labute approximate surface area is 126 Å². The normalized spacial score (nSPS) is 10.3. The molecule has 104 valence electrons. The maximum atomic E-state index is 9.02. The first kappa shape index (κ1) is 14.8. The molecule has 2 rings (SSSR count). The third-order valence-corrected chi connectivity index (χ3v) is 4.02. The molecule has 1 aromatic heterocycles. The van der Waals surface area contributed by atoms with Crippen molar-refractivity contribution < 1.29 is 9.47 Å². The quantitative estimate of drug-likeness (QED) is 0.845. The summed E-state index contributed by atoms with van der Waals surface area (Å²) in [5.41, 5.74) is 1.62. The van der Waals surface area contributed by atoms with Gasteiger partial charge in [0.15, 0.2) is 0 Å². The van der Waals surface area contributed by atoms with E-state index in [-0.39, 0.29) is 0 Å². The Balaban J connectivity index is 2.07. The number of nitriles is 1. The first-order chi connectivity index (χ1) is 9.63. The molecule has 0 fully saturated rings. The number of ether oxygens (including phenoxy) is 2. The van der Waals surface area contributed by atoms with Crippen LogP contribution >= 0.6 is 22.9 Å². The second-order valence-corrected chi connectivity index (χ2v) is 5.62. The third kappa shape index (κ3) is 3.48. The van der Waals surface area contributed by atoms with Gasteiger partial charge in [0, 0.05) is 12.1 Å². The van der Waals surface area contributed by atoms with Gasteiger partial charge in [-0.25, -0.2) is 4.98 Å². The maximum Gasteiger partial charge on any atom is 0.140 e. The molecule has 0 unspecified atom stereocenters. The van der Waals surface area contributed by atoms with Crippen molar-refractivity contribution in [3.05, 3.63) is 44.4 Å². The first-order valence-electron chi connectivity index (χ1n) is 5.90. The predicted octanol–water partition coefficient (Wildman–Crippen LogP) is 3.70. The molecular weight excluding hydrogens is 296 g/mol. The van der Waals surface area contributed by atoms with Gasteiger partial charge in [-0.15, -0.1) is 11.3 Å². The van der Waals surface area contributed by atoms with Gasteiger partial charge in [-0.3, -0.25) is 0 Å². The third-order valence-electron chi connectivity index (χ3n) is 2.62. The number of rotatable bonds is 5. The molecular formula is C14H13ClN2O2S. The summed E-state index contributed by atoms with van der Waals surface area (Å²) >= 11 is 7.28. The molecule has 4 nitrogen and oxygen atoms in total. The van der Waals surface area contributed by atoms with Crippen LogP contribution in [0.4, 0.5) is 0 Å². The van der Waals surface area contributed by atoms with Crippen LogP contribution in [-0.4, -0.2) is 12.1 Å². The van der Waals surface area contributed by atoms with Crippen LogP contribution in [0, 0.1) is 18.3 Å². The molecule has 20 heavy (non-hydrogen) atoms. The number of benzene rings is 1. The van der Waals surface area contributed by atoms with Gasteiger partial charge < -0.3 is 9.47 Å². The summed E-state index contributed by atoms with van der Waals surface area (Å²) in [5.74, 6) is 0.730. The van der Waals surface area contributed by atoms with E-state index in [1.54, 1.807) is 13.2 Å². The number of methoxy groups -OCH3 is 1. The van der Waals surface area contributed by atoms with Crippen molar-refractivity contribution in [1.82, 2.24) is 4.98 Å². The first-order valence-corrected chi connectivity index (χ1v) is 7.10. The summed E-state index contributed by atoms with van der Waals surface area (Å²) in [6, 6.07) is 7.60. The molecule has 0 saturated heterocycles. The molecule has 1 aromatic carbocycles. The van der Waals surface area contributed by atoms with E-state index >= 15 is 0 Å². The standard InChI is InChI=1S/C14H13ClN2O2S/c1-9-5-10(3-4-11(9)15)19-8-14-17-12(7-18-2)13(6-16)20-14/h3-5H,7-8H2,1-2H3. The Morgan fingerprint density at radius 2 is 2.20 bits per heavy atom. The van der Waals surface area contributed by atoms with Crippen LogP contribution in [0.2, 0.25) is 5.02 Å². The molecule has 0 N–H and O–H groups in total. The molecule has 0 aliphatic carbocycles. The fourth-order valence-electron chi connectivity index (χ4n) is 1.64. The Bertz CT molecular complexity index is 649. The molecule has 0 bridgehead atoms. The number of hydrogen-bond acceptors (Lipinski definition) is 5. The van der Waals surface area contributed by atoms with E-state index in [0.717, 1.165) is 16.3 Å². The van der Waals surface area contributed by atoms with Crippen molar-refractivity contribution in [2.75, 3.05) is 7.11 Å².